The van der Waals surface area contributed by atoms with Gasteiger partial charge in [0, 0.05) is 6.92 Å². The number of hydrogen-bond acceptors (Lipinski definition) is 4. The summed E-state index contributed by atoms with van der Waals surface area (Å²) >= 11 is 4.40. The summed E-state index contributed by atoms with van der Waals surface area (Å²) in [6.45, 7) is 1.30. The Hall–Kier alpha value is -1.08. The smallest absolute Gasteiger partial charge is 0.281 e. The minimum Gasteiger partial charge on any atom is -0.397 e. The van der Waals surface area contributed by atoms with Crippen LogP contribution >= 0.6 is 27.3 Å². The highest BCUT2D eigenvalue weighted by Crippen LogP contribution is 2.28. The fraction of sp³-hybridized carbons (Fsp3) is 0.143. The maximum atomic E-state index is 11.4. The van der Waals surface area contributed by atoms with Gasteiger partial charge < -0.3 is 5.73 Å². The van der Waals surface area contributed by atoms with E-state index in [-0.39, 0.29) is 5.91 Å². The Morgan fingerprint density at radius 3 is 2.57 bits per heavy atom. The van der Waals surface area contributed by atoms with Crippen molar-refractivity contribution in [3.63, 3.8) is 0 Å². The van der Waals surface area contributed by atoms with Crippen molar-refractivity contribution < 1.29 is 9.59 Å². The van der Waals surface area contributed by atoms with Crippen LogP contribution in [0.2, 0.25) is 0 Å². The molecule has 1 rings (SSSR count). The minimum atomic E-state index is -0.423. The molecular formula is C7H8BrN3O2S. The van der Waals surface area contributed by atoms with Gasteiger partial charge in [-0.2, -0.15) is 0 Å². The molecule has 0 aromatic carbocycles. The molecule has 14 heavy (non-hydrogen) atoms. The van der Waals surface area contributed by atoms with Crippen LogP contribution in [0.1, 0.15) is 16.6 Å². The van der Waals surface area contributed by atoms with E-state index in [2.05, 4.69) is 26.8 Å². The van der Waals surface area contributed by atoms with Crippen LogP contribution in [0.15, 0.2) is 9.85 Å². The molecule has 0 spiro atoms. The van der Waals surface area contributed by atoms with Gasteiger partial charge >= 0.3 is 0 Å². The van der Waals surface area contributed by atoms with E-state index >= 15 is 0 Å². The van der Waals surface area contributed by atoms with Crippen LogP contribution in [0.25, 0.3) is 0 Å². The number of thiophene rings is 1. The van der Waals surface area contributed by atoms with Gasteiger partial charge in [-0.25, -0.2) is 0 Å². The second-order valence-corrected chi connectivity index (χ2v) is 4.90. The molecule has 0 bridgehead atoms. The average Bonchev–Trinajstić information content (AvgIpc) is 2.41. The molecule has 0 aliphatic rings. The van der Waals surface area contributed by atoms with Gasteiger partial charge in [-0.15, -0.1) is 11.3 Å². The minimum absolute atomic E-state index is 0.340. The van der Waals surface area contributed by atoms with Crippen LogP contribution in [0.4, 0.5) is 5.69 Å². The van der Waals surface area contributed by atoms with E-state index in [0.717, 1.165) is 3.79 Å². The van der Waals surface area contributed by atoms with Crippen molar-refractivity contribution >= 4 is 44.8 Å². The summed E-state index contributed by atoms with van der Waals surface area (Å²) in [7, 11) is 0. The Kier molecular flexibility index (Phi) is 3.48. The zero-order valence-electron chi connectivity index (χ0n) is 7.26. The van der Waals surface area contributed by atoms with Gasteiger partial charge in [-0.05, 0) is 22.0 Å². The molecule has 0 saturated heterocycles. The number of amides is 2. The first-order valence-electron chi connectivity index (χ1n) is 3.62. The standard InChI is InChI=1S/C7H8BrN3O2S/c1-3(12)10-11-7(13)6-4(9)2-5(8)14-6/h2H,9H2,1H3,(H,10,12)(H,11,13). The molecule has 0 atom stereocenters. The molecule has 1 aromatic heterocycles. The largest absolute Gasteiger partial charge is 0.397 e. The van der Waals surface area contributed by atoms with E-state index in [0.29, 0.717) is 10.6 Å². The van der Waals surface area contributed by atoms with Crippen molar-refractivity contribution in [1.82, 2.24) is 10.9 Å². The van der Waals surface area contributed by atoms with Crippen LogP contribution in [0.3, 0.4) is 0 Å². The fourth-order valence-electron chi connectivity index (χ4n) is 0.753. The third-order valence-electron chi connectivity index (χ3n) is 1.29. The quantitative estimate of drug-likeness (QED) is 0.666. The molecule has 1 heterocycles. The predicted molar refractivity (Wildman–Crippen MR) is 57.7 cm³/mol. The molecule has 0 aliphatic carbocycles. The number of hydrogen-bond donors (Lipinski definition) is 3. The average molecular weight is 278 g/mol. The van der Waals surface area contributed by atoms with Gasteiger partial charge in [0.15, 0.2) is 0 Å². The molecule has 5 nitrogen and oxygen atoms in total. The number of nitrogens with two attached hydrogens (primary N) is 1. The fourth-order valence-corrected chi connectivity index (χ4v) is 2.19. The molecule has 0 aliphatic heterocycles. The number of carbonyl (C=O) groups is 2. The molecule has 0 saturated carbocycles. The maximum absolute atomic E-state index is 11.4. The number of nitrogen functional groups attached to an aromatic ring is 1. The van der Waals surface area contributed by atoms with Crippen molar-refractivity contribution in [2.75, 3.05) is 5.73 Å². The number of halogens is 1. The highest BCUT2D eigenvalue weighted by Gasteiger charge is 2.13. The second kappa shape index (κ2) is 4.43. The first kappa shape index (κ1) is 11.0. The van der Waals surface area contributed by atoms with Gasteiger partial charge in [-0.1, -0.05) is 0 Å². The molecule has 7 heteroatoms. The number of hydrazine groups is 1. The third kappa shape index (κ3) is 2.71. The summed E-state index contributed by atoms with van der Waals surface area (Å²) in [5, 5.41) is 0. The van der Waals surface area contributed by atoms with Crippen LogP contribution in [0.5, 0.6) is 0 Å². The van der Waals surface area contributed by atoms with Gasteiger partial charge in [0.05, 0.1) is 9.47 Å². The molecule has 0 unspecified atom stereocenters. The molecule has 76 valence electrons. The number of carbonyl (C=O) groups excluding carboxylic acids is 2. The Balaban J connectivity index is 2.69. The van der Waals surface area contributed by atoms with Crippen molar-refractivity contribution in [2.24, 2.45) is 0 Å². The number of anilines is 1. The molecule has 0 fully saturated rings. The van der Waals surface area contributed by atoms with Crippen LogP contribution in [-0.4, -0.2) is 11.8 Å². The van der Waals surface area contributed by atoms with Crippen molar-refractivity contribution in [3.8, 4) is 0 Å². The lowest BCUT2D eigenvalue weighted by atomic mass is 10.4. The molecular weight excluding hydrogens is 270 g/mol. The Morgan fingerprint density at radius 1 is 1.50 bits per heavy atom. The van der Waals surface area contributed by atoms with Crippen LogP contribution in [0, 0.1) is 0 Å². The van der Waals surface area contributed by atoms with Crippen LogP contribution in [-0.2, 0) is 4.79 Å². The number of nitrogens with one attached hydrogen (secondary N) is 2. The summed E-state index contributed by atoms with van der Waals surface area (Å²) in [4.78, 5) is 22.2. The first-order valence-corrected chi connectivity index (χ1v) is 5.23. The molecule has 0 radical (unpaired) electrons. The van der Waals surface area contributed by atoms with Gasteiger partial charge in [0.1, 0.15) is 4.88 Å². The summed E-state index contributed by atoms with van der Waals surface area (Å²) in [6, 6.07) is 1.63. The van der Waals surface area contributed by atoms with Gasteiger partial charge in [0.2, 0.25) is 5.91 Å². The van der Waals surface area contributed by atoms with Crippen molar-refractivity contribution in [3.05, 3.63) is 14.7 Å². The number of rotatable bonds is 1. The lowest BCUT2D eigenvalue weighted by molar-refractivity contribution is -0.119. The van der Waals surface area contributed by atoms with E-state index in [1.807, 2.05) is 0 Å². The van der Waals surface area contributed by atoms with E-state index in [9.17, 15) is 9.59 Å². The zero-order chi connectivity index (χ0) is 10.7. The second-order valence-electron chi connectivity index (χ2n) is 2.47. The highest BCUT2D eigenvalue weighted by atomic mass is 79.9. The Morgan fingerprint density at radius 2 is 2.14 bits per heavy atom. The SMILES string of the molecule is CC(=O)NNC(=O)c1sc(Br)cc1N. The molecule has 2 amide bonds. The topological polar surface area (TPSA) is 84.2 Å². The van der Waals surface area contributed by atoms with E-state index in [1.54, 1.807) is 6.07 Å². The lowest BCUT2D eigenvalue weighted by Gasteiger charge is -2.03. The lowest BCUT2D eigenvalue weighted by Crippen LogP contribution is -2.40. The monoisotopic (exact) mass is 277 g/mol. The van der Waals surface area contributed by atoms with Gasteiger partial charge in [-0.3, -0.25) is 20.4 Å². The first-order chi connectivity index (χ1) is 6.50. The van der Waals surface area contributed by atoms with Gasteiger partial charge in [0.25, 0.3) is 5.91 Å². The highest BCUT2D eigenvalue weighted by molar-refractivity contribution is 9.11. The predicted octanol–water partition coefficient (Wildman–Crippen LogP) is 0.874. The van der Waals surface area contributed by atoms with Crippen LogP contribution < -0.4 is 16.6 Å². The maximum Gasteiger partial charge on any atom is 0.281 e. The van der Waals surface area contributed by atoms with E-state index in [1.165, 1.54) is 18.3 Å². The van der Waals surface area contributed by atoms with E-state index < -0.39 is 5.91 Å². The Bertz CT molecular complexity index is 377. The summed E-state index contributed by atoms with van der Waals surface area (Å²) in [5.74, 6) is -0.763. The zero-order valence-corrected chi connectivity index (χ0v) is 9.66. The molecule has 4 N–H and O–H groups in total. The van der Waals surface area contributed by atoms with E-state index in [4.69, 9.17) is 5.73 Å². The normalized spacial score (nSPS) is 9.57. The Labute approximate surface area is 92.8 Å². The van der Waals surface area contributed by atoms with Crippen molar-refractivity contribution in [1.29, 1.82) is 0 Å². The van der Waals surface area contributed by atoms with Crippen molar-refractivity contribution in [2.45, 2.75) is 6.92 Å². The molecule has 1 aromatic rings. The summed E-state index contributed by atoms with van der Waals surface area (Å²) < 4.78 is 0.767. The third-order valence-corrected chi connectivity index (χ3v) is 2.94. The summed E-state index contributed by atoms with van der Waals surface area (Å²) in [6.07, 6.45) is 0. The summed E-state index contributed by atoms with van der Waals surface area (Å²) in [5.41, 5.74) is 10.3.